The second-order valence-electron chi connectivity index (χ2n) is 7.89. The summed E-state index contributed by atoms with van der Waals surface area (Å²) in [6.45, 7) is 2.03. The van der Waals surface area contributed by atoms with Gasteiger partial charge in [0.25, 0.3) is 0 Å². The van der Waals surface area contributed by atoms with Crippen molar-refractivity contribution in [1.82, 2.24) is 20.8 Å². The standard InChI is InChI=1S/C21H28N4O2/c1-14-5-4-6-15(13-14)21-24-20(27-25-21)12-11-19(26)23-18-10-9-17(18)22-16-7-2-3-8-16/h4-6,13,16-18,22H,2-3,7-12H2,1H3,(H,23,26). The van der Waals surface area contributed by atoms with Crippen LogP contribution in [-0.2, 0) is 11.2 Å². The fourth-order valence-corrected chi connectivity index (χ4v) is 4.02. The van der Waals surface area contributed by atoms with Crippen molar-refractivity contribution < 1.29 is 9.32 Å². The van der Waals surface area contributed by atoms with Gasteiger partial charge < -0.3 is 15.2 Å². The molecule has 1 heterocycles. The van der Waals surface area contributed by atoms with E-state index in [4.69, 9.17) is 4.52 Å². The molecule has 2 atom stereocenters. The molecule has 2 aliphatic carbocycles. The highest BCUT2D eigenvalue weighted by atomic mass is 16.5. The number of hydrogen-bond acceptors (Lipinski definition) is 5. The average molecular weight is 368 g/mol. The summed E-state index contributed by atoms with van der Waals surface area (Å²) in [6.07, 6.45) is 8.28. The van der Waals surface area contributed by atoms with Gasteiger partial charge in [0, 0.05) is 36.5 Å². The summed E-state index contributed by atoms with van der Waals surface area (Å²) in [5.41, 5.74) is 2.09. The van der Waals surface area contributed by atoms with Crippen molar-refractivity contribution in [3.8, 4) is 11.4 Å². The second-order valence-corrected chi connectivity index (χ2v) is 7.89. The Morgan fingerprint density at radius 3 is 2.74 bits per heavy atom. The number of nitrogens with zero attached hydrogens (tertiary/aromatic N) is 2. The third-order valence-corrected chi connectivity index (χ3v) is 5.74. The fraction of sp³-hybridized carbons (Fsp3) is 0.571. The van der Waals surface area contributed by atoms with Gasteiger partial charge in [0.2, 0.25) is 17.6 Å². The van der Waals surface area contributed by atoms with Crippen molar-refractivity contribution in [2.75, 3.05) is 0 Å². The van der Waals surface area contributed by atoms with E-state index in [0.29, 0.717) is 36.6 Å². The molecule has 0 radical (unpaired) electrons. The quantitative estimate of drug-likeness (QED) is 0.785. The third kappa shape index (κ3) is 4.56. The molecule has 2 fully saturated rings. The van der Waals surface area contributed by atoms with Crippen LogP contribution in [0, 0.1) is 6.92 Å². The summed E-state index contributed by atoms with van der Waals surface area (Å²) in [5, 5.41) is 10.9. The van der Waals surface area contributed by atoms with E-state index < -0.39 is 0 Å². The van der Waals surface area contributed by atoms with Crippen molar-refractivity contribution in [1.29, 1.82) is 0 Å². The van der Waals surface area contributed by atoms with Crippen LogP contribution in [0.1, 0.15) is 56.4 Å². The number of hydrogen-bond donors (Lipinski definition) is 2. The van der Waals surface area contributed by atoms with Crippen molar-refractivity contribution in [2.45, 2.75) is 76.4 Å². The summed E-state index contributed by atoms with van der Waals surface area (Å²) in [5.74, 6) is 1.15. The molecular formula is C21H28N4O2. The predicted molar refractivity (Wildman–Crippen MR) is 103 cm³/mol. The normalized spacial score (nSPS) is 22.6. The molecule has 144 valence electrons. The lowest BCUT2D eigenvalue weighted by Gasteiger charge is -2.39. The Hall–Kier alpha value is -2.21. The average Bonchev–Trinajstić information content (AvgIpc) is 3.33. The highest BCUT2D eigenvalue weighted by molar-refractivity contribution is 5.76. The maximum absolute atomic E-state index is 12.3. The van der Waals surface area contributed by atoms with E-state index in [1.165, 1.54) is 25.7 Å². The number of carbonyl (C=O) groups excluding carboxylic acids is 1. The molecule has 2 aliphatic rings. The molecule has 4 rings (SSSR count). The molecule has 1 aromatic carbocycles. The van der Waals surface area contributed by atoms with E-state index in [-0.39, 0.29) is 11.9 Å². The Morgan fingerprint density at radius 1 is 1.19 bits per heavy atom. The molecule has 2 N–H and O–H groups in total. The first-order valence-corrected chi connectivity index (χ1v) is 10.1. The summed E-state index contributed by atoms with van der Waals surface area (Å²) >= 11 is 0. The minimum atomic E-state index is 0.0632. The maximum atomic E-state index is 12.3. The monoisotopic (exact) mass is 368 g/mol. The second kappa shape index (κ2) is 8.21. The van der Waals surface area contributed by atoms with Gasteiger partial charge >= 0.3 is 0 Å². The van der Waals surface area contributed by atoms with Crippen LogP contribution in [0.2, 0.25) is 0 Å². The smallest absolute Gasteiger partial charge is 0.227 e. The molecule has 27 heavy (non-hydrogen) atoms. The lowest BCUT2D eigenvalue weighted by molar-refractivity contribution is -0.122. The van der Waals surface area contributed by atoms with Crippen LogP contribution in [0.3, 0.4) is 0 Å². The zero-order valence-corrected chi connectivity index (χ0v) is 15.9. The number of nitrogens with one attached hydrogen (secondary N) is 2. The van der Waals surface area contributed by atoms with Crippen molar-refractivity contribution >= 4 is 5.91 Å². The van der Waals surface area contributed by atoms with Gasteiger partial charge in [-0.1, -0.05) is 41.8 Å². The Balaban J connectivity index is 1.24. The van der Waals surface area contributed by atoms with Gasteiger partial charge in [-0.25, -0.2) is 0 Å². The van der Waals surface area contributed by atoms with Crippen LogP contribution in [0.25, 0.3) is 11.4 Å². The molecule has 0 saturated heterocycles. The minimum Gasteiger partial charge on any atom is -0.352 e. The van der Waals surface area contributed by atoms with Crippen LogP contribution >= 0.6 is 0 Å². The predicted octanol–water partition coefficient (Wildman–Crippen LogP) is 3.16. The first-order valence-electron chi connectivity index (χ1n) is 10.1. The first kappa shape index (κ1) is 18.2. The number of aryl methyl sites for hydroxylation is 2. The molecule has 2 saturated carbocycles. The number of aromatic nitrogens is 2. The van der Waals surface area contributed by atoms with Gasteiger partial charge in [-0.15, -0.1) is 0 Å². The van der Waals surface area contributed by atoms with E-state index in [9.17, 15) is 4.79 Å². The highest BCUT2D eigenvalue weighted by Crippen LogP contribution is 2.25. The zero-order chi connectivity index (χ0) is 18.6. The number of rotatable bonds is 7. The van der Waals surface area contributed by atoms with E-state index in [1.54, 1.807) is 0 Å². The molecule has 2 aromatic rings. The van der Waals surface area contributed by atoms with Crippen molar-refractivity contribution in [3.63, 3.8) is 0 Å². The van der Waals surface area contributed by atoms with Crippen LogP contribution in [-0.4, -0.2) is 34.2 Å². The Morgan fingerprint density at radius 2 is 2.00 bits per heavy atom. The van der Waals surface area contributed by atoms with Crippen LogP contribution < -0.4 is 10.6 Å². The summed E-state index contributed by atoms with van der Waals surface area (Å²) in [4.78, 5) is 16.7. The van der Waals surface area contributed by atoms with Gasteiger partial charge in [0.1, 0.15) is 0 Å². The number of benzene rings is 1. The van der Waals surface area contributed by atoms with Crippen LogP contribution in [0.4, 0.5) is 0 Å². The molecular weight excluding hydrogens is 340 g/mol. The summed E-state index contributed by atoms with van der Waals surface area (Å²) in [7, 11) is 0. The molecule has 6 heteroatoms. The van der Waals surface area contributed by atoms with E-state index in [1.807, 2.05) is 31.2 Å². The third-order valence-electron chi connectivity index (χ3n) is 5.74. The molecule has 6 nitrogen and oxygen atoms in total. The lowest BCUT2D eigenvalue weighted by Crippen LogP contribution is -2.58. The van der Waals surface area contributed by atoms with Crippen LogP contribution in [0.15, 0.2) is 28.8 Å². The molecule has 2 unspecified atom stereocenters. The lowest BCUT2D eigenvalue weighted by atomic mass is 9.85. The molecule has 0 bridgehead atoms. The van der Waals surface area contributed by atoms with Gasteiger partial charge in [-0.3, -0.25) is 4.79 Å². The Kier molecular flexibility index (Phi) is 5.53. The van der Waals surface area contributed by atoms with Crippen molar-refractivity contribution in [2.24, 2.45) is 0 Å². The first-order chi connectivity index (χ1) is 13.2. The molecule has 0 aliphatic heterocycles. The summed E-state index contributed by atoms with van der Waals surface area (Å²) in [6, 6.07) is 9.34. The fourth-order valence-electron chi connectivity index (χ4n) is 4.02. The van der Waals surface area contributed by atoms with Crippen LogP contribution in [0.5, 0.6) is 0 Å². The largest absolute Gasteiger partial charge is 0.352 e. The van der Waals surface area contributed by atoms with Gasteiger partial charge in [0.05, 0.1) is 0 Å². The molecule has 0 spiro atoms. The molecule has 1 amide bonds. The Labute approximate surface area is 160 Å². The van der Waals surface area contributed by atoms with E-state index >= 15 is 0 Å². The minimum absolute atomic E-state index is 0.0632. The SMILES string of the molecule is Cc1cccc(-c2noc(CCC(=O)NC3CCC3NC3CCCC3)n2)c1. The number of amides is 1. The van der Waals surface area contributed by atoms with Gasteiger partial charge in [0.15, 0.2) is 0 Å². The summed E-state index contributed by atoms with van der Waals surface area (Å²) < 4.78 is 5.31. The zero-order valence-electron chi connectivity index (χ0n) is 15.9. The maximum Gasteiger partial charge on any atom is 0.227 e. The van der Waals surface area contributed by atoms with Gasteiger partial charge in [-0.05, 0) is 38.7 Å². The van der Waals surface area contributed by atoms with E-state index in [0.717, 1.165) is 24.0 Å². The Bertz CT molecular complexity index is 782. The highest BCUT2D eigenvalue weighted by Gasteiger charge is 2.33. The van der Waals surface area contributed by atoms with Crippen molar-refractivity contribution in [3.05, 3.63) is 35.7 Å². The number of carbonyl (C=O) groups is 1. The molecule has 1 aromatic heterocycles. The van der Waals surface area contributed by atoms with E-state index in [2.05, 4.69) is 20.8 Å². The van der Waals surface area contributed by atoms with Gasteiger partial charge in [-0.2, -0.15) is 4.98 Å². The topological polar surface area (TPSA) is 80.0 Å².